The minimum Gasteiger partial charge on any atom is -0.493 e. The lowest BCUT2D eigenvalue weighted by Gasteiger charge is -2.52. The number of nitrogens with zero attached hydrogens (tertiary/aromatic N) is 1. The molecule has 3 rings (SSSR count). The van der Waals surface area contributed by atoms with Gasteiger partial charge in [-0.15, -0.1) is 0 Å². The molecule has 1 aromatic carbocycles. The van der Waals surface area contributed by atoms with Gasteiger partial charge in [0.25, 0.3) is 0 Å². The molecular formula is C20H25BrF3NO3. The molecule has 1 saturated heterocycles. The predicted octanol–water partition coefficient (Wildman–Crippen LogP) is 4.90. The second-order valence-corrected chi connectivity index (χ2v) is 8.63. The van der Waals surface area contributed by atoms with E-state index < -0.39 is 11.7 Å². The lowest BCUT2D eigenvalue weighted by atomic mass is 9.58. The van der Waals surface area contributed by atoms with Gasteiger partial charge in [0, 0.05) is 4.47 Å². The zero-order valence-electron chi connectivity index (χ0n) is 15.9. The van der Waals surface area contributed by atoms with Gasteiger partial charge in [-0.1, -0.05) is 22.0 Å². The summed E-state index contributed by atoms with van der Waals surface area (Å²) < 4.78 is 50.3. The van der Waals surface area contributed by atoms with Crippen LogP contribution >= 0.6 is 15.9 Å². The van der Waals surface area contributed by atoms with Crippen LogP contribution < -0.4 is 4.74 Å². The van der Waals surface area contributed by atoms with Crippen LogP contribution in [-0.2, 0) is 15.7 Å². The molecule has 0 N–H and O–H groups in total. The summed E-state index contributed by atoms with van der Waals surface area (Å²) in [4.78, 5) is 13.7. The number of halogens is 4. The molecule has 1 aromatic rings. The van der Waals surface area contributed by atoms with Crippen molar-refractivity contribution in [2.75, 3.05) is 32.8 Å². The maximum absolute atomic E-state index is 13.2. The molecule has 0 radical (unpaired) electrons. The van der Waals surface area contributed by atoms with Crippen molar-refractivity contribution in [3.8, 4) is 5.75 Å². The first-order valence-corrected chi connectivity index (χ1v) is 10.4. The molecule has 28 heavy (non-hydrogen) atoms. The Hall–Kier alpha value is -1.28. The van der Waals surface area contributed by atoms with E-state index in [0.29, 0.717) is 19.8 Å². The maximum atomic E-state index is 13.2. The molecule has 1 aliphatic heterocycles. The van der Waals surface area contributed by atoms with Crippen LogP contribution in [0, 0.1) is 11.3 Å². The van der Waals surface area contributed by atoms with Crippen LogP contribution in [0.3, 0.4) is 0 Å². The Kier molecular flexibility index (Phi) is 6.59. The van der Waals surface area contributed by atoms with Crippen LogP contribution in [0.1, 0.15) is 38.2 Å². The van der Waals surface area contributed by atoms with Crippen molar-refractivity contribution in [3.63, 3.8) is 0 Å². The number of piperidine rings is 1. The fraction of sp³-hybridized carbons (Fsp3) is 0.650. The SMILES string of the molecule is CCOC(=O)CN1CCC2(CC1)CC(COc1cccc(Br)c1C(F)(F)F)C2. The topological polar surface area (TPSA) is 38.8 Å². The number of alkyl halides is 3. The van der Waals surface area contributed by atoms with E-state index in [1.807, 2.05) is 0 Å². The summed E-state index contributed by atoms with van der Waals surface area (Å²) in [5, 5.41) is 0. The largest absolute Gasteiger partial charge is 0.493 e. The van der Waals surface area contributed by atoms with E-state index in [9.17, 15) is 18.0 Å². The molecular weight excluding hydrogens is 439 g/mol. The molecule has 1 saturated carbocycles. The highest BCUT2D eigenvalue weighted by atomic mass is 79.9. The van der Waals surface area contributed by atoms with Gasteiger partial charge in [-0.25, -0.2) is 0 Å². The molecule has 4 nitrogen and oxygen atoms in total. The van der Waals surface area contributed by atoms with Crippen molar-refractivity contribution >= 4 is 21.9 Å². The third-order valence-corrected chi connectivity index (χ3v) is 6.41. The Bertz CT molecular complexity index is 694. The summed E-state index contributed by atoms with van der Waals surface area (Å²) >= 11 is 2.97. The monoisotopic (exact) mass is 463 g/mol. The smallest absolute Gasteiger partial charge is 0.421 e. The zero-order valence-corrected chi connectivity index (χ0v) is 17.4. The molecule has 1 spiro atoms. The molecule has 1 aliphatic carbocycles. The number of benzene rings is 1. The first-order chi connectivity index (χ1) is 13.2. The second kappa shape index (κ2) is 8.61. The zero-order chi connectivity index (χ0) is 20.4. The molecule has 8 heteroatoms. The number of carbonyl (C=O) groups is 1. The van der Waals surface area contributed by atoms with E-state index in [1.165, 1.54) is 12.1 Å². The third-order valence-electron chi connectivity index (χ3n) is 5.75. The summed E-state index contributed by atoms with van der Waals surface area (Å²) in [7, 11) is 0. The van der Waals surface area contributed by atoms with Crippen molar-refractivity contribution in [3.05, 3.63) is 28.2 Å². The quantitative estimate of drug-likeness (QED) is 0.562. The molecule has 0 bridgehead atoms. The Labute approximate surface area is 171 Å². The number of hydrogen-bond acceptors (Lipinski definition) is 4. The second-order valence-electron chi connectivity index (χ2n) is 7.78. The summed E-state index contributed by atoms with van der Waals surface area (Å²) in [6.07, 6.45) is -0.506. The first kappa shape index (κ1) is 21.4. The number of carbonyl (C=O) groups excluding carboxylic acids is 1. The van der Waals surface area contributed by atoms with E-state index in [4.69, 9.17) is 9.47 Å². The standard InChI is InChI=1S/C20H25BrF3NO3/c1-2-27-17(26)12-25-8-6-19(7-9-25)10-14(11-19)13-28-16-5-3-4-15(21)18(16)20(22,23)24/h3-5,14H,2,6-13H2,1H3. The highest BCUT2D eigenvalue weighted by Crippen LogP contribution is 2.53. The minimum absolute atomic E-state index is 0.00319. The average Bonchev–Trinajstić information content (AvgIpc) is 2.58. The number of rotatable bonds is 6. The van der Waals surface area contributed by atoms with Crippen molar-refractivity contribution in [2.24, 2.45) is 11.3 Å². The van der Waals surface area contributed by atoms with E-state index in [2.05, 4.69) is 20.8 Å². The molecule has 0 unspecified atom stereocenters. The first-order valence-electron chi connectivity index (χ1n) is 9.59. The van der Waals surface area contributed by atoms with Gasteiger partial charge in [0.05, 0.1) is 19.8 Å². The Morgan fingerprint density at radius 3 is 2.57 bits per heavy atom. The van der Waals surface area contributed by atoms with E-state index in [0.717, 1.165) is 38.8 Å². The fourth-order valence-electron chi connectivity index (χ4n) is 4.37. The molecule has 2 fully saturated rings. The highest BCUT2D eigenvalue weighted by molar-refractivity contribution is 9.10. The van der Waals surface area contributed by atoms with Gasteiger partial charge in [0.2, 0.25) is 0 Å². The molecule has 1 heterocycles. The van der Waals surface area contributed by atoms with Crippen molar-refractivity contribution in [1.82, 2.24) is 4.90 Å². The summed E-state index contributed by atoms with van der Waals surface area (Å²) in [5.41, 5.74) is -0.500. The Morgan fingerprint density at radius 1 is 1.29 bits per heavy atom. The van der Waals surface area contributed by atoms with Gasteiger partial charge in [0.15, 0.2) is 0 Å². The summed E-state index contributed by atoms with van der Waals surface area (Å²) in [6, 6.07) is 4.30. The van der Waals surface area contributed by atoms with Gasteiger partial charge >= 0.3 is 12.1 Å². The molecule has 2 aliphatic rings. The predicted molar refractivity (Wildman–Crippen MR) is 102 cm³/mol. The molecule has 0 amide bonds. The van der Waals surface area contributed by atoms with Gasteiger partial charge in [-0.05, 0) is 69.2 Å². The average molecular weight is 464 g/mol. The van der Waals surface area contributed by atoms with E-state index in [-0.39, 0.29) is 27.5 Å². The van der Waals surface area contributed by atoms with Crippen molar-refractivity contribution < 1.29 is 27.4 Å². The van der Waals surface area contributed by atoms with Crippen LogP contribution in [0.2, 0.25) is 0 Å². The Balaban J connectivity index is 1.46. The lowest BCUT2D eigenvalue weighted by Crippen LogP contribution is -2.49. The lowest BCUT2D eigenvalue weighted by molar-refractivity contribution is -0.145. The Morgan fingerprint density at radius 2 is 1.96 bits per heavy atom. The number of hydrogen-bond donors (Lipinski definition) is 0. The van der Waals surface area contributed by atoms with Crippen LogP contribution in [0.5, 0.6) is 5.75 Å². The summed E-state index contributed by atoms with van der Waals surface area (Å²) in [6.45, 7) is 4.54. The van der Waals surface area contributed by atoms with E-state index in [1.54, 1.807) is 13.0 Å². The molecule has 0 aromatic heterocycles. The maximum Gasteiger partial charge on any atom is 0.421 e. The normalized spacial score (nSPS) is 20.0. The third kappa shape index (κ3) is 5.00. The van der Waals surface area contributed by atoms with Gasteiger partial charge in [-0.3, -0.25) is 9.69 Å². The van der Waals surface area contributed by atoms with Gasteiger partial charge in [-0.2, -0.15) is 13.2 Å². The van der Waals surface area contributed by atoms with Gasteiger partial charge in [0.1, 0.15) is 11.3 Å². The minimum atomic E-state index is -4.46. The molecule has 0 atom stereocenters. The van der Waals surface area contributed by atoms with Gasteiger partial charge < -0.3 is 9.47 Å². The fourth-order valence-corrected chi connectivity index (χ4v) is 4.95. The van der Waals surface area contributed by atoms with Crippen LogP contribution in [0.25, 0.3) is 0 Å². The summed E-state index contributed by atoms with van der Waals surface area (Å²) in [5.74, 6) is -0.0309. The highest BCUT2D eigenvalue weighted by Gasteiger charge is 2.46. The van der Waals surface area contributed by atoms with Crippen molar-refractivity contribution in [1.29, 1.82) is 0 Å². The van der Waals surface area contributed by atoms with Crippen LogP contribution in [0.15, 0.2) is 22.7 Å². The van der Waals surface area contributed by atoms with Crippen LogP contribution in [0.4, 0.5) is 13.2 Å². The van der Waals surface area contributed by atoms with Crippen LogP contribution in [-0.4, -0.2) is 43.7 Å². The number of likely N-dealkylation sites (tertiary alicyclic amines) is 1. The number of esters is 1. The van der Waals surface area contributed by atoms with E-state index >= 15 is 0 Å². The van der Waals surface area contributed by atoms with Crippen molar-refractivity contribution in [2.45, 2.75) is 38.8 Å². The number of ether oxygens (including phenoxy) is 2. The molecule has 156 valence electrons.